The number of hydrogen-bond acceptors (Lipinski definition) is 3. The van der Waals surface area contributed by atoms with Crippen molar-refractivity contribution in [1.29, 1.82) is 0 Å². The summed E-state index contributed by atoms with van der Waals surface area (Å²) in [6, 6.07) is 24.1. The van der Waals surface area contributed by atoms with Crippen molar-refractivity contribution in [3.63, 3.8) is 0 Å². The zero-order valence-electron chi connectivity index (χ0n) is 19.1. The number of nitrogens with zero attached hydrogens (tertiary/aromatic N) is 1. The topological polar surface area (TPSA) is 57.8 Å². The fraction of sp³-hybridized carbons (Fsp3) is 0.0714. The first-order valence-corrected chi connectivity index (χ1v) is 12.0. The number of H-pyrrole nitrogens is 1. The number of alkyl halides is 3. The summed E-state index contributed by atoms with van der Waals surface area (Å²) in [6.45, 7) is 0. The number of aromatic amines is 1. The van der Waals surface area contributed by atoms with Crippen molar-refractivity contribution >= 4 is 34.3 Å². The molecule has 5 rings (SSSR count). The van der Waals surface area contributed by atoms with E-state index in [0.717, 1.165) is 32.8 Å². The van der Waals surface area contributed by atoms with Gasteiger partial charge in [-0.05, 0) is 60.2 Å². The first kappa shape index (κ1) is 24.6. The lowest BCUT2D eigenvalue weighted by Crippen LogP contribution is -2.15. The monoisotopic (exact) mass is 521 g/mol. The predicted octanol–water partition coefficient (Wildman–Crippen LogP) is 7.72. The van der Waals surface area contributed by atoms with Gasteiger partial charge in [-0.2, -0.15) is 18.3 Å². The van der Waals surface area contributed by atoms with Gasteiger partial charge in [0.1, 0.15) is 5.82 Å². The minimum Gasteiger partial charge on any atom is -0.326 e. The number of nitrogens with one attached hydrogen (secondary N) is 2. The van der Waals surface area contributed by atoms with Crippen LogP contribution in [0.1, 0.15) is 11.1 Å². The first-order valence-electron chi connectivity index (χ1n) is 11.2. The summed E-state index contributed by atoms with van der Waals surface area (Å²) in [5.74, 6) is -0.737. The van der Waals surface area contributed by atoms with Gasteiger partial charge in [-0.1, -0.05) is 48.2 Å². The summed E-state index contributed by atoms with van der Waals surface area (Å²) in [5.41, 5.74) is 2.11. The smallest absolute Gasteiger partial charge is 0.326 e. The molecular weight excluding hydrogens is 502 g/mol. The Morgan fingerprint density at radius 1 is 0.892 bits per heavy atom. The van der Waals surface area contributed by atoms with Gasteiger partial charge in [-0.25, -0.2) is 4.39 Å². The molecule has 5 aromatic rings. The molecule has 9 heteroatoms. The average molecular weight is 522 g/mol. The van der Waals surface area contributed by atoms with Crippen LogP contribution in [0.15, 0.2) is 101 Å². The van der Waals surface area contributed by atoms with Gasteiger partial charge in [0.15, 0.2) is 0 Å². The fourth-order valence-electron chi connectivity index (χ4n) is 3.89. The summed E-state index contributed by atoms with van der Waals surface area (Å²) < 4.78 is 52.4. The SMILES string of the molecule is O=C(Cc1ccccc1F)Nc1cccc(Sc2ccc3c(-c4ccc(C(F)(F)F)cc4)n[nH]c3c2)c1. The molecule has 1 heterocycles. The van der Waals surface area contributed by atoms with Crippen LogP contribution in [0.25, 0.3) is 22.2 Å². The van der Waals surface area contributed by atoms with E-state index in [1.807, 2.05) is 36.4 Å². The van der Waals surface area contributed by atoms with Crippen molar-refractivity contribution < 1.29 is 22.4 Å². The molecule has 0 aliphatic heterocycles. The third-order valence-corrected chi connectivity index (χ3v) is 6.66. The maximum Gasteiger partial charge on any atom is 0.416 e. The number of rotatable bonds is 6. The molecule has 2 N–H and O–H groups in total. The predicted molar refractivity (Wildman–Crippen MR) is 136 cm³/mol. The van der Waals surface area contributed by atoms with Crippen molar-refractivity contribution in [3.05, 3.63) is 108 Å². The van der Waals surface area contributed by atoms with Gasteiger partial charge < -0.3 is 5.32 Å². The van der Waals surface area contributed by atoms with Crippen LogP contribution in [-0.4, -0.2) is 16.1 Å². The molecule has 0 spiro atoms. The Morgan fingerprint density at radius 3 is 2.41 bits per heavy atom. The summed E-state index contributed by atoms with van der Waals surface area (Å²) in [5, 5.41) is 10.8. The normalized spacial score (nSPS) is 11.6. The van der Waals surface area contributed by atoms with Crippen molar-refractivity contribution in [1.82, 2.24) is 10.2 Å². The van der Waals surface area contributed by atoms with E-state index in [-0.39, 0.29) is 12.3 Å². The molecule has 0 atom stereocenters. The zero-order chi connectivity index (χ0) is 26.0. The lowest BCUT2D eigenvalue weighted by molar-refractivity contribution is -0.137. The Bertz CT molecular complexity index is 1580. The van der Waals surface area contributed by atoms with Crippen LogP contribution in [-0.2, 0) is 17.4 Å². The van der Waals surface area contributed by atoms with Crippen LogP contribution >= 0.6 is 11.8 Å². The van der Waals surface area contributed by atoms with Gasteiger partial charge >= 0.3 is 6.18 Å². The van der Waals surface area contributed by atoms with Gasteiger partial charge in [0.25, 0.3) is 0 Å². The van der Waals surface area contributed by atoms with E-state index < -0.39 is 17.6 Å². The van der Waals surface area contributed by atoms with Crippen molar-refractivity contribution in [2.45, 2.75) is 22.4 Å². The lowest BCUT2D eigenvalue weighted by atomic mass is 10.1. The summed E-state index contributed by atoms with van der Waals surface area (Å²) in [6.07, 6.45) is -4.46. The summed E-state index contributed by atoms with van der Waals surface area (Å²) in [4.78, 5) is 14.2. The van der Waals surface area contributed by atoms with Gasteiger partial charge in [-0.3, -0.25) is 9.89 Å². The number of halogens is 4. The first-order chi connectivity index (χ1) is 17.8. The molecule has 0 unspecified atom stereocenters. The highest BCUT2D eigenvalue weighted by atomic mass is 32.2. The standard InChI is InChI=1S/C28H19F4N3OS/c29-24-7-2-1-4-18(24)14-26(36)33-20-5-3-6-21(15-20)37-22-12-13-23-25(16-22)34-35-27(23)17-8-10-19(11-9-17)28(30,31)32/h1-13,15-16H,14H2,(H,33,36)(H,34,35). The van der Waals surface area contributed by atoms with Crippen LogP contribution in [0.4, 0.5) is 23.2 Å². The van der Waals surface area contributed by atoms with Crippen molar-refractivity contribution in [3.8, 4) is 11.3 Å². The third kappa shape index (κ3) is 5.67. The van der Waals surface area contributed by atoms with E-state index in [4.69, 9.17) is 0 Å². The van der Waals surface area contributed by atoms with Crippen molar-refractivity contribution in [2.75, 3.05) is 5.32 Å². The number of amides is 1. The fourth-order valence-corrected chi connectivity index (χ4v) is 4.81. The summed E-state index contributed by atoms with van der Waals surface area (Å²) in [7, 11) is 0. The quantitative estimate of drug-likeness (QED) is 0.225. The molecule has 0 saturated heterocycles. The van der Waals surface area contributed by atoms with Crippen LogP contribution in [0, 0.1) is 5.82 Å². The average Bonchev–Trinajstić information content (AvgIpc) is 3.28. The second-order valence-corrected chi connectivity index (χ2v) is 9.45. The molecule has 0 fully saturated rings. The van der Waals surface area contributed by atoms with Gasteiger partial charge in [0, 0.05) is 26.4 Å². The Labute approximate surface area is 213 Å². The molecule has 37 heavy (non-hydrogen) atoms. The molecule has 4 nitrogen and oxygen atoms in total. The van der Waals surface area contributed by atoms with Crippen LogP contribution in [0.3, 0.4) is 0 Å². The van der Waals surface area contributed by atoms with Gasteiger partial charge in [0.05, 0.1) is 23.2 Å². The van der Waals surface area contributed by atoms with Crippen molar-refractivity contribution in [2.24, 2.45) is 0 Å². The number of hydrogen-bond donors (Lipinski definition) is 2. The number of anilines is 1. The van der Waals surface area contributed by atoms with E-state index in [9.17, 15) is 22.4 Å². The molecule has 0 bridgehead atoms. The molecule has 0 aliphatic carbocycles. The number of benzene rings is 4. The summed E-state index contributed by atoms with van der Waals surface area (Å²) >= 11 is 1.48. The minimum absolute atomic E-state index is 0.0677. The maximum absolute atomic E-state index is 13.8. The Hall–Kier alpha value is -4.11. The lowest BCUT2D eigenvalue weighted by Gasteiger charge is -2.08. The van der Waals surface area contributed by atoms with Gasteiger partial charge in [-0.15, -0.1) is 0 Å². The Morgan fingerprint density at radius 2 is 1.65 bits per heavy atom. The maximum atomic E-state index is 13.8. The molecule has 1 amide bonds. The van der Waals surface area contributed by atoms with E-state index in [0.29, 0.717) is 22.5 Å². The highest BCUT2D eigenvalue weighted by Gasteiger charge is 2.30. The largest absolute Gasteiger partial charge is 0.416 e. The highest BCUT2D eigenvalue weighted by Crippen LogP contribution is 2.35. The van der Waals surface area contributed by atoms with E-state index in [1.165, 1.54) is 30.0 Å². The Balaban J connectivity index is 1.29. The molecule has 1 aromatic heterocycles. The highest BCUT2D eigenvalue weighted by molar-refractivity contribution is 7.99. The van der Waals surface area contributed by atoms with E-state index in [1.54, 1.807) is 24.3 Å². The Kier molecular flexibility index (Phi) is 6.71. The van der Waals surface area contributed by atoms with Crippen LogP contribution in [0.2, 0.25) is 0 Å². The number of aromatic nitrogens is 2. The zero-order valence-corrected chi connectivity index (χ0v) is 20.0. The molecule has 0 radical (unpaired) electrons. The number of carbonyl (C=O) groups is 1. The minimum atomic E-state index is -4.39. The number of fused-ring (bicyclic) bond motifs is 1. The van der Waals surface area contributed by atoms with Gasteiger partial charge in [0.2, 0.25) is 5.91 Å². The van der Waals surface area contributed by atoms with E-state index in [2.05, 4.69) is 15.5 Å². The van der Waals surface area contributed by atoms with Crippen LogP contribution < -0.4 is 5.32 Å². The van der Waals surface area contributed by atoms with E-state index >= 15 is 0 Å². The molecule has 0 saturated carbocycles. The second kappa shape index (κ2) is 10.1. The third-order valence-electron chi connectivity index (χ3n) is 5.68. The molecule has 4 aromatic carbocycles. The molecule has 186 valence electrons. The number of carbonyl (C=O) groups excluding carboxylic acids is 1. The van der Waals surface area contributed by atoms with Crippen LogP contribution in [0.5, 0.6) is 0 Å². The molecule has 0 aliphatic rings. The molecular formula is C28H19F4N3OS. The second-order valence-electron chi connectivity index (χ2n) is 8.30.